The highest BCUT2D eigenvalue weighted by Gasteiger charge is 2.20. The molecule has 1 heterocycles. The number of rotatable bonds is 8. The molecule has 2 aromatic rings. The molecule has 0 saturated heterocycles. The van der Waals surface area contributed by atoms with Crippen molar-refractivity contribution >= 4 is 11.8 Å². The van der Waals surface area contributed by atoms with Gasteiger partial charge in [-0.25, -0.2) is 4.98 Å². The van der Waals surface area contributed by atoms with Crippen LogP contribution in [-0.4, -0.2) is 32.5 Å². The Morgan fingerprint density at radius 3 is 2.61 bits per heavy atom. The third-order valence-corrected chi connectivity index (χ3v) is 3.73. The van der Waals surface area contributed by atoms with E-state index in [9.17, 15) is 9.59 Å². The van der Waals surface area contributed by atoms with E-state index in [0.29, 0.717) is 30.9 Å². The van der Waals surface area contributed by atoms with E-state index in [0.717, 1.165) is 5.56 Å². The number of benzene rings is 1. The zero-order valence-electron chi connectivity index (χ0n) is 13.1. The van der Waals surface area contributed by atoms with Crippen molar-refractivity contribution in [3.8, 4) is 0 Å². The van der Waals surface area contributed by atoms with Crippen LogP contribution < -0.4 is 5.73 Å². The van der Waals surface area contributed by atoms with E-state index in [1.165, 1.54) is 0 Å². The van der Waals surface area contributed by atoms with Crippen LogP contribution >= 0.6 is 0 Å². The summed E-state index contributed by atoms with van der Waals surface area (Å²) in [7, 11) is 0. The second-order valence-corrected chi connectivity index (χ2v) is 5.38. The number of ketones is 1. The van der Waals surface area contributed by atoms with Crippen LogP contribution in [0.3, 0.4) is 0 Å². The first-order valence-corrected chi connectivity index (χ1v) is 7.62. The van der Waals surface area contributed by atoms with Crippen LogP contribution in [-0.2, 0) is 24.2 Å². The number of aliphatic carboxylic acids is 1. The average Bonchev–Trinajstić information content (AvgIpc) is 2.96. The maximum atomic E-state index is 12.4. The largest absolute Gasteiger partial charge is 0.480 e. The molecule has 0 spiro atoms. The summed E-state index contributed by atoms with van der Waals surface area (Å²) in [6, 6.07) is 8.79. The normalized spacial score (nSPS) is 12.1. The number of carbonyl (C=O) groups is 2. The van der Waals surface area contributed by atoms with Crippen molar-refractivity contribution in [3.05, 3.63) is 53.6 Å². The van der Waals surface area contributed by atoms with Crippen molar-refractivity contribution in [3.63, 3.8) is 0 Å². The summed E-state index contributed by atoms with van der Waals surface area (Å²) in [6.07, 6.45) is 2.72. The quantitative estimate of drug-likeness (QED) is 0.722. The monoisotopic (exact) mass is 315 g/mol. The summed E-state index contributed by atoms with van der Waals surface area (Å²) < 4.78 is 1.75. The highest BCUT2D eigenvalue weighted by atomic mass is 16.4. The van der Waals surface area contributed by atoms with Crippen molar-refractivity contribution < 1.29 is 14.7 Å². The molecule has 0 aliphatic heterocycles. The second kappa shape index (κ2) is 7.69. The Kier molecular flexibility index (Phi) is 5.65. The molecule has 0 bridgehead atoms. The Labute approximate surface area is 135 Å². The maximum absolute atomic E-state index is 12.4. The van der Waals surface area contributed by atoms with Gasteiger partial charge in [-0.15, -0.1) is 0 Å². The van der Waals surface area contributed by atoms with Gasteiger partial charge in [0.25, 0.3) is 0 Å². The van der Waals surface area contributed by atoms with Crippen LogP contribution in [0.15, 0.2) is 36.5 Å². The Morgan fingerprint density at radius 1 is 1.30 bits per heavy atom. The summed E-state index contributed by atoms with van der Waals surface area (Å²) in [5.41, 5.74) is 7.34. The van der Waals surface area contributed by atoms with Crippen LogP contribution in [0.25, 0.3) is 0 Å². The predicted molar refractivity (Wildman–Crippen MR) is 86.3 cm³/mol. The summed E-state index contributed by atoms with van der Waals surface area (Å²) in [6.45, 7) is 2.44. The van der Waals surface area contributed by atoms with Gasteiger partial charge >= 0.3 is 5.97 Å². The number of nitrogens with two attached hydrogens (primary N) is 1. The minimum absolute atomic E-state index is 0.0501. The molecular formula is C17H21N3O3. The third kappa shape index (κ3) is 4.26. The van der Waals surface area contributed by atoms with Crippen LogP contribution in [0.5, 0.6) is 0 Å². The van der Waals surface area contributed by atoms with Crippen molar-refractivity contribution in [1.82, 2.24) is 9.55 Å². The molecule has 0 radical (unpaired) electrons. The zero-order valence-corrected chi connectivity index (χ0v) is 13.1. The first-order valence-electron chi connectivity index (χ1n) is 7.62. The molecule has 3 N–H and O–H groups in total. The molecule has 0 amide bonds. The number of carboxylic acids is 1. The number of Topliss-reactive ketones (excluding diaryl/α,β-unsaturated/α-hetero) is 1. The number of aromatic nitrogens is 2. The molecule has 6 nitrogen and oxygen atoms in total. The van der Waals surface area contributed by atoms with Gasteiger partial charge in [-0.2, -0.15) is 0 Å². The number of hydrogen-bond acceptors (Lipinski definition) is 4. The summed E-state index contributed by atoms with van der Waals surface area (Å²) in [4.78, 5) is 27.5. The van der Waals surface area contributed by atoms with Gasteiger partial charge in [0.2, 0.25) is 0 Å². The molecule has 0 aliphatic rings. The third-order valence-electron chi connectivity index (χ3n) is 3.73. The van der Waals surface area contributed by atoms with E-state index >= 15 is 0 Å². The molecule has 1 aromatic carbocycles. The standard InChI is InChI=1S/C17H21N3O3/c1-2-20-13(10-14(18)17(22)23)11-19-16(20)15(21)9-8-12-6-4-3-5-7-12/h3-7,11,14H,2,8-10,18H2,1H3,(H,22,23). The van der Waals surface area contributed by atoms with Gasteiger partial charge in [0, 0.05) is 31.3 Å². The molecule has 122 valence electrons. The Bertz CT molecular complexity index is 680. The van der Waals surface area contributed by atoms with Gasteiger partial charge in [-0.05, 0) is 18.9 Å². The SMILES string of the molecule is CCn1c(CC(N)C(=O)O)cnc1C(=O)CCc1ccccc1. The number of aryl methyl sites for hydroxylation is 1. The lowest BCUT2D eigenvalue weighted by Crippen LogP contribution is -2.33. The molecule has 2 rings (SSSR count). The summed E-state index contributed by atoms with van der Waals surface area (Å²) in [5.74, 6) is -0.743. The van der Waals surface area contributed by atoms with Crippen molar-refractivity contribution in [2.45, 2.75) is 38.8 Å². The van der Waals surface area contributed by atoms with E-state index in [-0.39, 0.29) is 12.2 Å². The number of nitrogens with zero attached hydrogens (tertiary/aromatic N) is 2. The number of imidazole rings is 1. The van der Waals surface area contributed by atoms with Gasteiger partial charge in [0.05, 0.1) is 0 Å². The van der Waals surface area contributed by atoms with Crippen LogP contribution in [0.2, 0.25) is 0 Å². The minimum Gasteiger partial charge on any atom is -0.480 e. The van der Waals surface area contributed by atoms with E-state index in [1.54, 1.807) is 10.8 Å². The molecule has 1 unspecified atom stereocenters. The molecule has 1 aromatic heterocycles. The molecule has 23 heavy (non-hydrogen) atoms. The first kappa shape index (κ1) is 16.9. The van der Waals surface area contributed by atoms with Crippen molar-refractivity contribution in [2.75, 3.05) is 0 Å². The Balaban J connectivity index is 2.08. The fourth-order valence-corrected chi connectivity index (χ4v) is 2.48. The van der Waals surface area contributed by atoms with E-state index in [2.05, 4.69) is 4.98 Å². The fraction of sp³-hybridized carbons (Fsp3) is 0.353. The number of hydrogen-bond donors (Lipinski definition) is 2. The lowest BCUT2D eigenvalue weighted by atomic mass is 10.1. The van der Waals surface area contributed by atoms with E-state index in [1.807, 2.05) is 37.3 Å². The minimum atomic E-state index is -1.06. The fourth-order valence-electron chi connectivity index (χ4n) is 2.48. The van der Waals surface area contributed by atoms with Gasteiger partial charge in [0.15, 0.2) is 11.6 Å². The van der Waals surface area contributed by atoms with Crippen molar-refractivity contribution in [2.24, 2.45) is 5.73 Å². The zero-order chi connectivity index (χ0) is 16.8. The summed E-state index contributed by atoms with van der Waals surface area (Å²) in [5, 5.41) is 8.91. The molecular weight excluding hydrogens is 294 g/mol. The Hall–Kier alpha value is -2.47. The second-order valence-electron chi connectivity index (χ2n) is 5.38. The highest BCUT2D eigenvalue weighted by molar-refractivity contribution is 5.93. The predicted octanol–water partition coefficient (Wildman–Crippen LogP) is 1.67. The number of carboxylic acid groups (broad SMARTS) is 1. The van der Waals surface area contributed by atoms with E-state index in [4.69, 9.17) is 10.8 Å². The van der Waals surface area contributed by atoms with Crippen LogP contribution in [0, 0.1) is 0 Å². The highest BCUT2D eigenvalue weighted by Crippen LogP contribution is 2.12. The molecule has 1 atom stereocenters. The lowest BCUT2D eigenvalue weighted by molar-refractivity contribution is -0.138. The van der Waals surface area contributed by atoms with Gasteiger partial charge < -0.3 is 15.4 Å². The van der Waals surface area contributed by atoms with Gasteiger partial charge in [-0.1, -0.05) is 30.3 Å². The molecule has 0 saturated carbocycles. The topological polar surface area (TPSA) is 98.2 Å². The molecule has 0 aliphatic carbocycles. The van der Waals surface area contributed by atoms with Gasteiger partial charge in [0.1, 0.15) is 6.04 Å². The van der Waals surface area contributed by atoms with Crippen LogP contribution in [0.1, 0.15) is 35.2 Å². The Morgan fingerprint density at radius 2 is 2.00 bits per heavy atom. The maximum Gasteiger partial charge on any atom is 0.320 e. The lowest BCUT2D eigenvalue weighted by Gasteiger charge is -2.11. The first-order chi connectivity index (χ1) is 11.0. The van der Waals surface area contributed by atoms with Crippen molar-refractivity contribution in [1.29, 1.82) is 0 Å². The van der Waals surface area contributed by atoms with Crippen LogP contribution in [0.4, 0.5) is 0 Å². The average molecular weight is 315 g/mol. The molecule has 0 fully saturated rings. The smallest absolute Gasteiger partial charge is 0.320 e. The van der Waals surface area contributed by atoms with E-state index < -0.39 is 12.0 Å². The number of carbonyl (C=O) groups excluding carboxylic acids is 1. The molecule has 6 heteroatoms. The summed E-state index contributed by atoms with van der Waals surface area (Å²) >= 11 is 0. The van der Waals surface area contributed by atoms with Gasteiger partial charge in [-0.3, -0.25) is 9.59 Å².